The number of imide groups is 1. The van der Waals surface area contributed by atoms with Gasteiger partial charge in [0.05, 0.1) is 0 Å². The Hall–Kier alpha value is -1.34. The predicted molar refractivity (Wildman–Crippen MR) is 96.3 cm³/mol. The number of likely N-dealkylation sites (tertiary alicyclic amines) is 1. The Morgan fingerprint density at radius 3 is 2.64 bits per heavy atom. The SMILES string of the molecule is CC1CCN(C(=O)CCN2C(=O)NC3(CCCC3)C2=O)C(CN)C1.Cl. The Labute approximate surface area is 155 Å². The molecule has 0 aromatic rings. The lowest BCUT2D eigenvalue weighted by Gasteiger charge is -2.38. The predicted octanol–water partition coefficient (Wildman–Crippen LogP) is 1.25. The van der Waals surface area contributed by atoms with Gasteiger partial charge in [-0.1, -0.05) is 19.8 Å². The number of nitrogens with zero attached hydrogens (tertiary/aromatic N) is 2. The van der Waals surface area contributed by atoms with E-state index in [1.165, 1.54) is 4.90 Å². The summed E-state index contributed by atoms with van der Waals surface area (Å²) in [6.07, 6.45) is 5.43. The first-order valence-electron chi connectivity index (χ1n) is 9.10. The van der Waals surface area contributed by atoms with Crippen LogP contribution in [0.5, 0.6) is 0 Å². The Kier molecular flexibility index (Phi) is 6.32. The molecule has 7 nitrogen and oxygen atoms in total. The van der Waals surface area contributed by atoms with Gasteiger partial charge in [0.25, 0.3) is 5.91 Å². The monoisotopic (exact) mass is 372 g/mol. The number of hydrogen-bond acceptors (Lipinski definition) is 4. The molecule has 2 unspecified atom stereocenters. The van der Waals surface area contributed by atoms with Crippen molar-refractivity contribution in [3.05, 3.63) is 0 Å². The molecule has 3 aliphatic rings. The number of carbonyl (C=O) groups excluding carboxylic acids is 3. The number of nitrogens with one attached hydrogen (secondary N) is 1. The Morgan fingerprint density at radius 1 is 1.32 bits per heavy atom. The molecule has 142 valence electrons. The van der Waals surface area contributed by atoms with Crippen molar-refractivity contribution in [2.75, 3.05) is 19.6 Å². The van der Waals surface area contributed by atoms with Crippen LogP contribution in [0.2, 0.25) is 0 Å². The van der Waals surface area contributed by atoms with E-state index in [9.17, 15) is 14.4 Å². The molecule has 0 aromatic carbocycles. The number of rotatable bonds is 4. The minimum atomic E-state index is -0.694. The average Bonchev–Trinajstić information content (AvgIpc) is 3.12. The van der Waals surface area contributed by atoms with Gasteiger partial charge in [0, 0.05) is 32.1 Å². The van der Waals surface area contributed by atoms with Crippen LogP contribution in [0.3, 0.4) is 0 Å². The maximum absolute atomic E-state index is 12.6. The van der Waals surface area contributed by atoms with Gasteiger partial charge in [0.2, 0.25) is 5.91 Å². The summed E-state index contributed by atoms with van der Waals surface area (Å²) in [6, 6.07) is -0.275. The van der Waals surface area contributed by atoms with E-state index in [1.54, 1.807) is 0 Å². The third-order valence-electron chi connectivity index (χ3n) is 5.82. The van der Waals surface area contributed by atoms with Crippen LogP contribution in [-0.4, -0.2) is 58.9 Å². The van der Waals surface area contributed by atoms with Crippen LogP contribution < -0.4 is 11.1 Å². The molecule has 2 atom stereocenters. The Balaban J connectivity index is 0.00000225. The molecule has 2 aliphatic heterocycles. The fourth-order valence-corrected chi connectivity index (χ4v) is 4.35. The van der Waals surface area contributed by atoms with Crippen molar-refractivity contribution < 1.29 is 14.4 Å². The van der Waals surface area contributed by atoms with E-state index in [0.717, 1.165) is 25.7 Å². The van der Waals surface area contributed by atoms with E-state index in [2.05, 4.69) is 12.2 Å². The summed E-state index contributed by atoms with van der Waals surface area (Å²) in [5.74, 6) is 0.418. The lowest BCUT2D eigenvalue weighted by atomic mass is 9.92. The molecule has 1 aliphatic carbocycles. The van der Waals surface area contributed by atoms with E-state index in [1.807, 2.05) is 4.90 Å². The first-order chi connectivity index (χ1) is 11.5. The molecule has 8 heteroatoms. The summed E-state index contributed by atoms with van der Waals surface area (Å²) < 4.78 is 0. The second-order valence-corrected chi connectivity index (χ2v) is 7.53. The van der Waals surface area contributed by atoms with E-state index in [0.29, 0.717) is 31.8 Å². The molecule has 25 heavy (non-hydrogen) atoms. The zero-order valence-electron chi connectivity index (χ0n) is 14.8. The van der Waals surface area contributed by atoms with Gasteiger partial charge < -0.3 is 16.0 Å². The number of amides is 4. The number of carbonyl (C=O) groups is 3. The number of halogens is 1. The standard InChI is InChI=1S/C17H28N4O3.ClH/c1-12-4-8-20(13(10-12)11-18)14(22)5-9-21-15(23)17(19-16(21)24)6-2-3-7-17;/h12-13H,2-11,18H2,1H3,(H,19,24);1H. The fourth-order valence-electron chi connectivity index (χ4n) is 4.35. The summed E-state index contributed by atoms with van der Waals surface area (Å²) in [6.45, 7) is 3.52. The highest BCUT2D eigenvalue weighted by Gasteiger charge is 2.52. The van der Waals surface area contributed by atoms with E-state index in [-0.39, 0.29) is 49.3 Å². The maximum Gasteiger partial charge on any atom is 0.325 e. The molecular weight excluding hydrogens is 344 g/mol. The molecule has 3 N–H and O–H groups in total. The zero-order chi connectivity index (χ0) is 17.3. The summed E-state index contributed by atoms with van der Waals surface area (Å²) >= 11 is 0. The first-order valence-corrected chi connectivity index (χ1v) is 9.10. The topological polar surface area (TPSA) is 95.7 Å². The molecule has 1 spiro atoms. The maximum atomic E-state index is 12.6. The van der Waals surface area contributed by atoms with Gasteiger partial charge in [0.1, 0.15) is 5.54 Å². The van der Waals surface area contributed by atoms with Crippen molar-refractivity contribution in [2.45, 2.75) is 63.5 Å². The highest BCUT2D eigenvalue weighted by Crippen LogP contribution is 2.35. The van der Waals surface area contributed by atoms with Gasteiger partial charge >= 0.3 is 6.03 Å². The Bertz CT molecular complexity index is 536. The lowest BCUT2D eigenvalue weighted by molar-refractivity contribution is -0.136. The molecule has 2 heterocycles. The van der Waals surface area contributed by atoms with Crippen molar-refractivity contribution in [1.29, 1.82) is 0 Å². The molecule has 0 bridgehead atoms. The highest BCUT2D eigenvalue weighted by molar-refractivity contribution is 6.07. The van der Waals surface area contributed by atoms with Crippen molar-refractivity contribution in [3.63, 3.8) is 0 Å². The molecule has 2 saturated heterocycles. The van der Waals surface area contributed by atoms with E-state index >= 15 is 0 Å². The normalized spacial score (nSPS) is 28.2. The largest absolute Gasteiger partial charge is 0.338 e. The van der Waals surface area contributed by atoms with Crippen LogP contribution in [-0.2, 0) is 9.59 Å². The van der Waals surface area contributed by atoms with Crippen molar-refractivity contribution in [2.24, 2.45) is 11.7 Å². The molecule has 3 rings (SSSR count). The van der Waals surface area contributed by atoms with Crippen molar-refractivity contribution in [3.8, 4) is 0 Å². The summed E-state index contributed by atoms with van der Waals surface area (Å²) in [7, 11) is 0. The number of nitrogens with two attached hydrogens (primary N) is 1. The quantitative estimate of drug-likeness (QED) is 0.726. The average molecular weight is 373 g/mol. The van der Waals surface area contributed by atoms with E-state index < -0.39 is 5.54 Å². The Morgan fingerprint density at radius 2 is 2.00 bits per heavy atom. The van der Waals surface area contributed by atoms with Crippen LogP contribution in [0.1, 0.15) is 51.9 Å². The van der Waals surface area contributed by atoms with Gasteiger partial charge in [-0.3, -0.25) is 14.5 Å². The second-order valence-electron chi connectivity index (χ2n) is 7.53. The molecular formula is C17H29ClN4O3. The number of piperidine rings is 1. The van der Waals surface area contributed by atoms with Crippen molar-refractivity contribution >= 4 is 30.3 Å². The zero-order valence-corrected chi connectivity index (χ0v) is 15.6. The molecule has 3 fully saturated rings. The number of hydrogen-bond donors (Lipinski definition) is 2. The minimum absolute atomic E-state index is 0. The molecule has 1 saturated carbocycles. The summed E-state index contributed by atoms with van der Waals surface area (Å²) in [5, 5.41) is 2.85. The van der Waals surface area contributed by atoms with Crippen LogP contribution in [0, 0.1) is 5.92 Å². The molecule has 0 aromatic heterocycles. The van der Waals surface area contributed by atoms with Crippen molar-refractivity contribution in [1.82, 2.24) is 15.1 Å². The van der Waals surface area contributed by atoms with Crippen LogP contribution >= 0.6 is 12.4 Å². The fraction of sp³-hybridized carbons (Fsp3) is 0.824. The third-order valence-corrected chi connectivity index (χ3v) is 5.82. The summed E-state index contributed by atoms with van der Waals surface area (Å²) in [5.41, 5.74) is 5.12. The van der Waals surface area contributed by atoms with Crippen LogP contribution in [0.25, 0.3) is 0 Å². The molecule has 0 radical (unpaired) electrons. The summed E-state index contributed by atoms with van der Waals surface area (Å²) in [4.78, 5) is 40.4. The van der Waals surface area contributed by atoms with E-state index in [4.69, 9.17) is 5.73 Å². The third kappa shape index (κ3) is 3.77. The van der Waals surface area contributed by atoms with Gasteiger partial charge in [-0.2, -0.15) is 0 Å². The van der Waals surface area contributed by atoms with Crippen LogP contribution in [0.15, 0.2) is 0 Å². The van der Waals surface area contributed by atoms with Gasteiger partial charge in [-0.05, 0) is 31.6 Å². The number of urea groups is 1. The highest BCUT2D eigenvalue weighted by atomic mass is 35.5. The lowest BCUT2D eigenvalue weighted by Crippen LogP contribution is -2.50. The smallest absolute Gasteiger partial charge is 0.325 e. The van der Waals surface area contributed by atoms with Gasteiger partial charge in [-0.15, -0.1) is 12.4 Å². The minimum Gasteiger partial charge on any atom is -0.338 e. The van der Waals surface area contributed by atoms with Crippen LogP contribution in [0.4, 0.5) is 4.79 Å². The first kappa shape index (κ1) is 20.0. The van der Waals surface area contributed by atoms with Gasteiger partial charge in [-0.25, -0.2) is 4.79 Å². The second kappa shape index (κ2) is 7.91. The van der Waals surface area contributed by atoms with Gasteiger partial charge in [0.15, 0.2) is 0 Å². The molecule has 4 amide bonds.